The van der Waals surface area contributed by atoms with E-state index < -0.39 is 0 Å². The summed E-state index contributed by atoms with van der Waals surface area (Å²) in [5, 5.41) is 10.0. The van der Waals surface area contributed by atoms with Gasteiger partial charge in [-0.15, -0.1) is 0 Å². The number of hydrogen-bond donors (Lipinski definition) is 1. The average Bonchev–Trinajstić information content (AvgIpc) is 2.55. The van der Waals surface area contributed by atoms with Crippen molar-refractivity contribution in [2.24, 2.45) is 0 Å². The molecule has 1 aromatic carbocycles. The predicted octanol–water partition coefficient (Wildman–Crippen LogP) is 2.71. The molecule has 0 bridgehead atoms. The van der Waals surface area contributed by atoms with Crippen LogP contribution in [0.5, 0.6) is 0 Å². The van der Waals surface area contributed by atoms with Crippen LogP contribution in [0.4, 0.5) is 0 Å². The fourth-order valence-corrected chi connectivity index (χ4v) is 3.05. The molecule has 4 nitrogen and oxygen atoms in total. The molecule has 0 aromatic heterocycles. The van der Waals surface area contributed by atoms with E-state index in [1.54, 1.807) is 0 Å². The second kappa shape index (κ2) is 9.52. The monoisotopic (exact) mass is 334 g/mol. The molecule has 0 spiro atoms. The van der Waals surface area contributed by atoms with Gasteiger partial charge in [0.2, 0.25) is 0 Å². The quantitative estimate of drug-likeness (QED) is 0.793. The summed E-state index contributed by atoms with van der Waals surface area (Å²) in [5.74, 6) is 0.591. The molecule has 1 aliphatic rings. The summed E-state index contributed by atoms with van der Waals surface area (Å²) in [5.41, 5.74) is 2.79. The van der Waals surface area contributed by atoms with Gasteiger partial charge in [0.15, 0.2) is 0 Å². The number of nitrogens with zero attached hydrogens (tertiary/aromatic N) is 2. The van der Waals surface area contributed by atoms with Gasteiger partial charge in [0.1, 0.15) is 0 Å². The van der Waals surface area contributed by atoms with Gasteiger partial charge >= 0.3 is 0 Å². The first kappa shape index (κ1) is 19.4. The smallest absolute Gasteiger partial charge is 0.0900 e. The Bertz CT molecular complexity index is 465. The van der Waals surface area contributed by atoms with Crippen molar-refractivity contribution in [2.75, 3.05) is 39.3 Å². The van der Waals surface area contributed by atoms with Crippen LogP contribution in [-0.4, -0.2) is 66.4 Å². The minimum Gasteiger partial charge on any atom is -0.389 e. The van der Waals surface area contributed by atoms with Gasteiger partial charge in [0, 0.05) is 39.3 Å². The van der Waals surface area contributed by atoms with Crippen LogP contribution in [0.1, 0.15) is 44.7 Å². The number of piperazine rings is 1. The fraction of sp³-hybridized carbons (Fsp3) is 0.700. The van der Waals surface area contributed by atoms with Crippen molar-refractivity contribution in [3.63, 3.8) is 0 Å². The van der Waals surface area contributed by atoms with Crippen molar-refractivity contribution in [3.8, 4) is 0 Å². The molecule has 24 heavy (non-hydrogen) atoms. The van der Waals surface area contributed by atoms with E-state index in [0.717, 1.165) is 32.7 Å². The highest BCUT2D eigenvalue weighted by atomic mass is 16.5. The number of rotatable bonds is 8. The third kappa shape index (κ3) is 6.52. The van der Waals surface area contributed by atoms with E-state index in [4.69, 9.17) is 4.74 Å². The zero-order valence-corrected chi connectivity index (χ0v) is 15.7. The normalized spacial score (nSPS) is 18.5. The van der Waals surface area contributed by atoms with Gasteiger partial charge in [0.05, 0.1) is 18.8 Å². The second-order valence-corrected chi connectivity index (χ2v) is 7.51. The van der Waals surface area contributed by atoms with Crippen molar-refractivity contribution in [1.82, 2.24) is 9.80 Å². The Kier molecular flexibility index (Phi) is 7.69. The molecular weight excluding hydrogens is 300 g/mol. The van der Waals surface area contributed by atoms with Gasteiger partial charge in [-0.3, -0.25) is 9.80 Å². The molecule has 1 fully saturated rings. The van der Waals surface area contributed by atoms with E-state index >= 15 is 0 Å². The molecule has 1 aromatic rings. The Hall–Kier alpha value is -0.940. The van der Waals surface area contributed by atoms with Gasteiger partial charge in [-0.1, -0.05) is 38.1 Å². The lowest BCUT2D eigenvalue weighted by molar-refractivity contribution is -0.0148. The molecule has 1 unspecified atom stereocenters. The first-order valence-electron chi connectivity index (χ1n) is 9.27. The summed E-state index contributed by atoms with van der Waals surface area (Å²) in [6, 6.07) is 9.02. The lowest BCUT2D eigenvalue weighted by atomic mass is 10.0. The largest absolute Gasteiger partial charge is 0.389 e. The van der Waals surface area contributed by atoms with E-state index in [0.29, 0.717) is 19.1 Å². The number of ether oxygens (including phenoxy) is 1. The molecule has 1 aliphatic heterocycles. The Labute approximate surface area is 147 Å². The van der Waals surface area contributed by atoms with Gasteiger partial charge in [-0.25, -0.2) is 0 Å². The molecule has 0 aliphatic carbocycles. The van der Waals surface area contributed by atoms with Crippen molar-refractivity contribution in [3.05, 3.63) is 35.4 Å². The lowest BCUT2D eigenvalue weighted by Gasteiger charge is -2.35. The maximum Gasteiger partial charge on any atom is 0.0900 e. The molecular formula is C20H34N2O2. The Morgan fingerprint density at radius 1 is 0.958 bits per heavy atom. The summed E-state index contributed by atoms with van der Waals surface area (Å²) in [6.45, 7) is 14.8. The number of hydrogen-bond acceptors (Lipinski definition) is 4. The van der Waals surface area contributed by atoms with E-state index in [9.17, 15) is 5.11 Å². The van der Waals surface area contributed by atoms with Crippen LogP contribution < -0.4 is 0 Å². The second-order valence-electron chi connectivity index (χ2n) is 7.51. The summed E-state index contributed by atoms with van der Waals surface area (Å²) in [4.78, 5) is 4.84. The molecule has 0 saturated carbocycles. The van der Waals surface area contributed by atoms with Crippen LogP contribution in [0.3, 0.4) is 0 Å². The number of aliphatic hydroxyl groups excluding tert-OH is 1. The van der Waals surface area contributed by atoms with E-state index in [-0.39, 0.29) is 12.2 Å². The summed E-state index contributed by atoms with van der Waals surface area (Å²) in [7, 11) is 0. The van der Waals surface area contributed by atoms with Gasteiger partial charge in [0.25, 0.3) is 0 Å². The van der Waals surface area contributed by atoms with E-state index in [1.807, 2.05) is 13.8 Å². The van der Waals surface area contributed by atoms with E-state index in [1.165, 1.54) is 11.1 Å². The molecule has 1 heterocycles. The highest BCUT2D eigenvalue weighted by Crippen LogP contribution is 2.16. The third-order valence-corrected chi connectivity index (χ3v) is 4.61. The molecule has 136 valence electrons. The highest BCUT2D eigenvalue weighted by molar-refractivity contribution is 5.24. The fourth-order valence-electron chi connectivity index (χ4n) is 3.05. The van der Waals surface area contributed by atoms with Crippen LogP contribution in [0.2, 0.25) is 0 Å². The first-order chi connectivity index (χ1) is 11.4. The standard InChI is InChI=1S/C20H34N2O2/c1-16(2)19-7-5-18(6-8-19)13-21-9-11-22(12-10-21)14-20(23)15-24-17(3)4/h5-8,16-17,20,23H,9-15H2,1-4H3. The Balaban J connectivity index is 1.70. The predicted molar refractivity (Wildman–Crippen MR) is 99.3 cm³/mol. The lowest BCUT2D eigenvalue weighted by Crippen LogP contribution is -2.48. The van der Waals surface area contributed by atoms with E-state index in [2.05, 4.69) is 47.9 Å². The molecule has 1 N–H and O–H groups in total. The van der Waals surface area contributed by atoms with Gasteiger partial charge in [-0.2, -0.15) is 0 Å². The molecule has 2 rings (SSSR count). The highest BCUT2D eigenvalue weighted by Gasteiger charge is 2.19. The zero-order chi connectivity index (χ0) is 17.5. The number of aliphatic hydroxyl groups is 1. The van der Waals surface area contributed by atoms with Crippen LogP contribution in [-0.2, 0) is 11.3 Å². The van der Waals surface area contributed by atoms with Crippen LogP contribution in [0.25, 0.3) is 0 Å². The van der Waals surface area contributed by atoms with Crippen LogP contribution in [0.15, 0.2) is 24.3 Å². The topological polar surface area (TPSA) is 35.9 Å². The van der Waals surface area contributed by atoms with Crippen LogP contribution in [0, 0.1) is 0 Å². The van der Waals surface area contributed by atoms with Gasteiger partial charge in [-0.05, 0) is 30.9 Å². The Morgan fingerprint density at radius 3 is 2.08 bits per heavy atom. The first-order valence-corrected chi connectivity index (χ1v) is 9.27. The van der Waals surface area contributed by atoms with Gasteiger partial charge < -0.3 is 9.84 Å². The average molecular weight is 335 g/mol. The minimum atomic E-state index is -0.387. The SMILES string of the molecule is CC(C)OCC(O)CN1CCN(Cc2ccc(C(C)C)cc2)CC1. The summed E-state index contributed by atoms with van der Waals surface area (Å²) < 4.78 is 5.48. The molecule has 0 radical (unpaired) electrons. The Morgan fingerprint density at radius 2 is 1.54 bits per heavy atom. The minimum absolute atomic E-state index is 0.179. The molecule has 1 atom stereocenters. The van der Waals surface area contributed by atoms with Crippen molar-refractivity contribution >= 4 is 0 Å². The van der Waals surface area contributed by atoms with Crippen molar-refractivity contribution in [2.45, 2.75) is 52.4 Å². The summed E-state index contributed by atoms with van der Waals surface area (Å²) >= 11 is 0. The summed E-state index contributed by atoms with van der Waals surface area (Å²) in [6.07, 6.45) is -0.207. The molecule has 4 heteroatoms. The number of benzene rings is 1. The maximum atomic E-state index is 10.0. The zero-order valence-electron chi connectivity index (χ0n) is 15.7. The third-order valence-electron chi connectivity index (χ3n) is 4.61. The van der Waals surface area contributed by atoms with Crippen molar-refractivity contribution in [1.29, 1.82) is 0 Å². The maximum absolute atomic E-state index is 10.0. The van der Waals surface area contributed by atoms with Crippen LogP contribution >= 0.6 is 0 Å². The van der Waals surface area contributed by atoms with Crippen molar-refractivity contribution < 1.29 is 9.84 Å². The molecule has 0 amide bonds. The molecule has 1 saturated heterocycles. The number of β-amino-alcohol motifs (C(OH)–C–C–N with tert-alkyl or cyclic N) is 1.